The third-order valence-corrected chi connectivity index (χ3v) is 3.23. The second-order valence-electron chi connectivity index (χ2n) is 3.14. The number of benzene rings is 1. The van der Waals surface area contributed by atoms with E-state index in [0.717, 1.165) is 15.4 Å². The fourth-order valence-corrected chi connectivity index (χ4v) is 1.97. The molecular formula is C11H11OS2. The molecule has 0 fully saturated rings. The van der Waals surface area contributed by atoms with Crippen LogP contribution in [0.2, 0.25) is 0 Å². The van der Waals surface area contributed by atoms with Gasteiger partial charge >= 0.3 is 0 Å². The molecule has 0 spiro atoms. The molecule has 0 aromatic heterocycles. The number of hydrogen-bond acceptors (Lipinski definition) is 3. The Kier molecular flexibility index (Phi) is 3.21. The molecule has 0 saturated carbocycles. The van der Waals surface area contributed by atoms with Crippen LogP contribution in [0.4, 0.5) is 0 Å². The number of rotatable bonds is 1. The summed E-state index contributed by atoms with van der Waals surface area (Å²) < 4.78 is 5.26. The molecule has 14 heavy (non-hydrogen) atoms. The minimum atomic E-state index is 0.198. The molecule has 2 rings (SSSR count). The van der Waals surface area contributed by atoms with E-state index in [2.05, 4.69) is 31.3 Å². The fraction of sp³-hybridized carbons (Fsp3) is 0.182. The molecule has 1 aliphatic rings. The van der Waals surface area contributed by atoms with E-state index in [1.54, 1.807) is 0 Å². The third-order valence-electron chi connectivity index (χ3n) is 2.18. The van der Waals surface area contributed by atoms with Crippen LogP contribution in [-0.2, 0) is 4.74 Å². The summed E-state index contributed by atoms with van der Waals surface area (Å²) in [5, 5.41) is 0. The smallest absolute Gasteiger partial charge is 0.0953 e. The van der Waals surface area contributed by atoms with Crippen LogP contribution in [0.1, 0.15) is 11.5 Å². The predicted octanol–water partition coefficient (Wildman–Crippen LogP) is 3.10. The molecule has 1 heterocycles. The van der Waals surface area contributed by atoms with E-state index in [1.807, 2.05) is 30.9 Å². The minimum absolute atomic E-state index is 0.198. The summed E-state index contributed by atoms with van der Waals surface area (Å²) in [5.41, 5.74) is 1.14. The number of ether oxygens (including phenoxy) is 1. The van der Waals surface area contributed by atoms with Crippen LogP contribution < -0.4 is 0 Å². The number of hydrogen-bond donors (Lipinski definition) is 2. The van der Waals surface area contributed by atoms with Crippen LogP contribution in [0.3, 0.4) is 0 Å². The molecule has 1 radical (unpaired) electrons. The van der Waals surface area contributed by atoms with E-state index in [-0.39, 0.29) is 5.92 Å². The molecule has 1 nitrogen and oxygen atoms in total. The maximum Gasteiger partial charge on any atom is 0.0953 e. The standard InChI is InChI=1S/C11H11OS2/c13-10-5-1-4-9(11(10)14)8-3-2-6-12-7-8/h1-5,7-8,13-14H,6H2. The highest BCUT2D eigenvalue weighted by Gasteiger charge is 2.15. The molecule has 1 aromatic carbocycles. The lowest BCUT2D eigenvalue weighted by Crippen LogP contribution is -2.06. The maximum atomic E-state index is 5.26. The minimum Gasteiger partial charge on any atom is -0.370 e. The van der Waals surface area contributed by atoms with Gasteiger partial charge in [0.1, 0.15) is 0 Å². The molecule has 0 bridgehead atoms. The largest absolute Gasteiger partial charge is 0.370 e. The Bertz CT molecular complexity index is 360. The molecule has 0 aliphatic carbocycles. The lowest BCUT2D eigenvalue weighted by Gasteiger charge is -2.18. The quantitative estimate of drug-likeness (QED) is 0.549. The van der Waals surface area contributed by atoms with Crippen LogP contribution in [0.15, 0.2) is 40.1 Å². The Balaban J connectivity index is 2.35. The molecule has 73 valence electrons. The Hall–Kier alpha value is -0.380. The monoisotopic (exact) mass is 223 g/mol. The van der Waals surface area contributed by atoms with Crippen molar-refractivity contribution in [3.05, 3.63) is 42.5 Å². The van der Waals surface area contributed by atoms with Crippen molar-refractivity contribution in [3.63, 3.8) is 0 Å². The molecule has 1 aliphatic heterocycles. The molecule has 1 atom stereocenters. The highest BCUT2D eigenvalue weighted by molar-refractivity contribution is 7.83. The zero-order chi connectivity index (χ0) is 9.97. The van der Waals surface area contributed by atoms with Gasteiger partial charge in [-0.3, -0.25) is 0 Å². The second-order valence-corrected chi connectivity index (χ2v) is 4.07. The fourth-order valence-electron chi connectivity index (χ4n) is 1.46. The van der Waals surface area contributed by atoms with Gasteiger partial charge in [-0.25, -0.2) is 0 Å². The zero-order valence-electron chi connectivity index (χ0n) is 7.55. The summed E-state index contributed by atoms with van der Waals surface area (Å²) in [7, 11) is 0. The van der Waals surface area contributed by atoms with E-state index in [4.69, 9.17) is 4.74 Å². The van der Waals surface area contributed by atoms with Gasteiger partial charge in [0.2, 0.25) is 0 Å². The van der Waals surface area contributed by atoms with E-state index < -0.39 is 0 Å². The molecule has 0 amide bonds. The topological polar surface area (TPSA) is 9.23 Å². The van der Waals surface area contributed by atoms with Crippen LogP contribution in [0.5, 0.6) is 0 Å². The van der Waals surface area contributed by atoms with Crippen LogP contribution in [0, 0.1) is 6.61 Å². The Morgan fingerprint density at radius 3 is 2.86 bits per heavy atom. The molecular weight excluding hydrogens is 212 g/mol. The molecule has 3 heteroatoms. The van der Waals surface area contributed by atoms with Gasteiger partial charge in [0.05, 0.1) is 13.2 Å². The average molecular weight is 223 g/mol. The molecule has 1 unspecified atom stereocenters. The Morgan fingerprint density at radius 1 is 1.29 bits per heavy atom. The highest BCUT2D eigenvalue weighted by atomic mass is 32.1. The van der Waals surface area contributed by atoms with Crippen molar-refractivity contribution in [2.24, 2.45) is 0 Å². The number of thiol groups is 2. The first kappa shape index (κ1) is 10.1. The summed E-state index contributed by atoms with van der Waals surface area (Å²) in [6.07, 6.45) is 4.13. The normalized spacial score (nSPS) is 21.1. The van der Waals surface area contributed by atoms with Gasteiger partial charge in [0.15, 0.2) is 0 Å². The van der Waals surface area contributed by atoms with E-state index in [9.17, 15) is 0 Å². The second kappa shape index (κ2) is 4.43. The van der Waals surface area contributed by atoms with E-state index >= 15 is 0 Å². The van der Waals surface area contributed by atoms with Crippen molar-refractivity contribution in [2.45, 2.75) is 15.7 Å². The first-order valence-corrected chi connectivity index (χ1v) is 5.31. The van der Waals surface area contributed by atoms with Gasteiger partial charge < -0.3 is 4.74 Å². The van der Waals surface area contributed by atoms with Crippen molar-refractivity contribution in [3.8, 4) is 0 Å². The predicted molar refractivity (Wildman–Crippen MR) is 63.1 cm³/mol. The molecule has 0 saturated heterocycles. The van der Waals surface area contributed by atoms with Gasteiger partial charge in [-0.05, 0) is 11.6 Å². The Morgan fingerprint density at radius 2 is 2.14 bits per heavy atom. The van der Waals surface area contributed by atoms with Gasteiger partial charge in [-0.2, -0.15) is 0 Å². The van der Waals surface area contributed by atoms with Crippen molar-refractivity contribution in [1.82, 2.24) is 0 Å². The molecule has 0 N–H and O–H groups in total. The van der Waals surface area contributed by atoms with Crippen molar-refractivity contribution >= 4 is 25.3 Å². The third kappa shape index (κ3) is 2.00. The summed E-state index contributed by atoms with van der Waals surface area (Å²) in [6.45, 7) is 2.50. The maximum absolute atomic E-state index is 5.26. The van der Waals surface area contributed by atoms with E-state index in [1.165, 1.54) is 0 Å². The van der Waals surface area contributed by atoms with Crippen LogP contribution in [0.25, 0.3) is 0 Å². The van der Waals surface area contributed by atoms with Gasteiger partial charge in [0, 0.05) is 15.7 Å². The summed E-state index contributed by atoms with van der Waals surface area (Å²) in [5.74, 6) is 0.198. The zero-order valence-corrected chi connectivity index (χ0v) is 9.34. The van der Waals surface area contributed by atoms with E-state index in [0.29, 0.717) is 6.61 Å². The van der Waals surface area contributed by atoms with Crippen LogP contribution >= 0.6 is 25.3 Å². The van der Waals surface area contributed by atoms with Gasteiger partial charge in [0.25, 0.3) is 0 Å². The van der Waals surface area contributed by atoms with Crippen molar-refractivity contribution in [2.75, 3.05) is 6.61 Å². The summed E-state index contributed by atoms with van der Waals surface area (Å²) >= 11 is 8.77. The first-order valence-electron chi connectivity index (χ1n) is 4.41. The lowest BCUT2D eigenvalue weighted by atomic mass is 9.98. The van der Waals surface area contributed by atoms with Crippen molar-refractivity contribution < 1.29 is 4.74 Å². The molecule has 1 aromatic rings. The SMILES string of the molecule is Sc1cccc(C2[CH]OCC=C2)c1S. The van der Waals surface area contributed by atoms with Crippen molar-refractivity contribution in [1.29, 1.82) is 0 Å². The van der Waals surface area contributed by atoms with Crippen LogP contribution in [-0.4, -0.2) is 6.61 Å². The Labute approximate surface area is 95.0 Å². The van der Waals surface area contributed by atoms with Gasteiger partial charge in [-0.1, -0.05) is 24.3 Å². The average Bonchev–Trinajstić information content (AvgIpc) is 2.23. The van der Waals surface area contributed by atoms with Gasteiger partial charge in [-0.15, -0.1) is 25.3 Å². The highest BCUT2D eigenvalue weighted by Crippen LogP contribution is 2.32. The summed E-state index contributed by atoms with van der Waals surface area (Å²) in [6, 6.07) is 5.96. The lowest BCUT2D eigenvalue weighted by molar-refractivity contribution is 0.211. The summed E-state index contributed by atoms with van der Waals surface area (Å²) in [4.78, 5) is 1.82. The first-order chi connectivity index (χ1) is 6.79.